The fourth-order valence-corrected chi connectivity index (χ4v) is 1.99. The molecule has 0 aliphatic carbocycles. The zero-order chi connectivity index (χ0) is 11.1. The lowest BCUT2D eigenvalue weighted by Crippen LogP contribution is -2.26. The standard InChI is InChI=1S/C13H26O2/c1-11(2)6-4-7-12(3)10-13-14-8-5-9-15-13/h11-13H,4-10H2,1-3H3/t12-/m1/s1. The van der Waals surface area contributed by atoms with Gasteiger partial charge >= 0.3 is 0 Å². The quantitative estimate of drug-likeness (QED) is 0.672. The second-order valence-electron chi connectivity index (χ2n) is 5.19. The molecule has 1 aliphatic heterocycles. The fourth-order valence-electron chi connectivity index (χ4n) is 1.99. The van der Waals surface area contributed by atoms with Crippen molar-refractivity contribution >= 4 is 0 Å². The zero-order valence-corrected chi connectivity index (χ0v) is 10.5. The van der Waals surface area contributed by atoms with Crippen molar-refractivity contribution in [2.45, 2.75) is 59.2 Å². The highest BCUT2D eigenvalue weighted by atomic mass is 16.7. The Bertz CT molecular complexity index is 151. The highest BCUT2D eigenvalue weighted by molar-refractivity contribution is 4.60. The first-order valence-corrected chi connectivity index (χ1v) is 6.41. The van der Waals surface area contributed by atoms with Crippen LogP contribution in [0.4, 0.5) is 0 Å². The maximum Gasteiger partial charge on any atom is 0.157 e. The molecule has 0 spiro atoms. The monoisotopic (exact) mass is 214 g/mol. The van der Waals surface area contributed by atoms with E-state index in [1.54, 1.807) is 0 Å². The topological polar surface area (TPSA) is 18.5 Å². The predicted octanol–water partition coefficient (Wildman–Crippen LogP) is 3.60. The van der Waals surface area contributed by atoms with E-state index in [1.165, 1.54) is 19.3 Å². The molecule has 2 nitrogen and oxygen atoms in total. The Morgan fingerprint density at radius 3 is 2.33 bits per heavy atom. The van der Waals surface area contributed by atoms with Crippen LogP contribution in [-0.2, 0) is 9.47 Å². The molecule has 0 saturated carbocycles. The minimum absolute atomic E-state index is 0.0767. The van der Waals surface area contributed by atoms with Crippen LogP contribution in [0.3, 0.4) is 0 Å². The summed E-state index contributed by atoms with van der Waals surface area (Å²) in [6.07, 6.45) is 6.19. The van der Waals surface area contributed by atoms with E-state index in [-0.39, 0.29) is 6.29 Å². The first kappa shape index (κ1) is 13.0. The summed E-state index contributed by atoms with van der Waals surface area (Å²) in [6.45, 7) is 8.64. The van der Waals surface area contributed by atoms with Gasteiger partial charge in [-0.2, -0.15) is 0 Å². The number of rotatable bonds is 6. The van der Waals surface area contributed by atoms with E-state index in [0.717, 1.165) is 37.9 Å². The molecule has 0 amide bonds. The van der Waals surface area contributed by atoms with Crippen molar-refractivity contribution in [2.75, 3.05) is 13.2 Å². The van der Waals surface area contributed by atoms with Gasteiger partial charge in [0.15, 0.2) is 6.29 Å². The summed E-state index contributed by atoms with van der Waals surface area (Å²) in [6, 6.07) is 0. The van der Waals surface area contributed by atoms with E-state index >= 15 is 0 Å². The molecule has 0 aromatic carbocycles. The molecule has 0 N–H and O–H groups in total. The van der Waals surface area contributed by atoms with Crippen molar-refractivity contribution in [3.8, 4) is 0 Å². The molecule has 1 saturated heterocycles. The molecule has 2 heteroatoms. The lowest BCUT2D eigenvalue weighted by atomic mass is 9.97. The van der Waals surface area contributed by atoms with Gasteiger partial charge in [0.2, 0.25) is 0 Å². The van der Waals surface area contributed by atoms with Gasteiger partial charge in [0.25, 0.3) is 0 Å². The Balaban J connectivity index is 2.03. The first-order valence-electron chi connectivity index (χ1n) is 6.41. The van der Waals surface area contributed by atoms with Gasteiger partial charge in [0.05, 0.1) is 13.2 Å². The average Bonchev–Trinajstić information content (AvgIpc) is 2.18. The molecule has 1 atom stereocenters. The van der Waals surface area contributed by atoms with Crippen molar-refractivity contribution in [1.29, 1.82) is 0 Å². The van der Waals surface area contributed by atoms with E-state index in [0.29, 0.717) is 0 Å². The van der Waals surface area contributed by atoms with Gasteiger partial charge in [-0.1, -0.05) is 40.0 Å². The van der Waals surface area contributed by atoms with Gasteiger partial charge in [0, 0.05) is 6.42 Å². The molecule has 1 heterocycles. The number of ether oxygens (including phenoxy) is 2. The second-order valence-corrected chi connectivity index (χ2v) is 5.19. The largest absolute Gasteiger partial charge is 0.353 e. The molecule has 0 radical (unpaired) electrons. The molecule has 1 rings (SSSR count). The van der Waals surface area contributed by atoms with Crippen molar-refractivity contribution < 1.29 is 9.47 Å². The lowest BCUT2D eigenvalue weighted by Gasteiger charge is -2.25. The highest BCUT2D eigenvalue weighted by Gasteiger charge is 2.17. The van der Waals surface area contributed by atoms with E-state index in [1.807, 2.05) is 0 Å². The first-order chi connectivity index (χ1) is 7.18. The van der Waals surface area contributed by atoms with Crippen molar-refractivity contribution in [1.82, 2.24) is 0 Å². The minimum atomic E-state index is 0.0767. The lowest BCUT2D eigenvalue weighted by molar-refractivity contribution is -0.186. The van der Waals surface area contributed by atoms with Crippen LogP contribution in [0.15, 0.2) is 0 Å². The summed E-state index contributed by atoms with van der Waals surface area (Å²) in [5.74, 6) is 1.56. The maximum absolute atomic E-state index is 5.55. The molecule has 1 fully saturated rings. The second kappa shape index (κ2) is 7.24. The van der Waals surface area contributed by atoms with Gasteiger partial charge in [-0.25, -0.2) is 0 Å². The molecule has 15 heavy (non-hydrogen) atoms. The van der Waals surface area contributed by atoms with E-state index < -0.39 is 0 Å². The Labute approximate surface area is 94.3 Å². The summed E-state index contributed by atoms with van der Waals surface area (Å²) < 4.78 is 11.1. The molecular weight excluding hydrogens is 188 g/mol. The van der Waals surface area contributed by atoms with Gasteiger partial charge in [-0.05, 0) is 18.3 Å². The van der Waals surface area contributed by atoms with Crippen LogP contribution >= 0.6 is 0 Å². The number of hydrogen-bond donors (Lipinski definition) is 0. The van der Waals surface area contributed by atoms with E-state index in [4.69, 9.17) is 9.47 Å². The SMILES string of the molecule is CC(C)CCC[C@@H](C)CC1OCCCO1. The van der Waals surface area contributed by atoms with Crippen molar-refractivity contribution in [3.63, 3.8) is 0 Å². The molecular formula is C13H26O2. The van der Waals surface area contributed by atoms with Crippen LogP contribution < -0.4 is 0 Å². The van der Waals surface area contributed by atoms with Gasteiger partial charge in [-0.15, -0.1) is 0 Å². The molecule has 0 aromatic heterocycles. The molecule has 0 bridgehead atoms. The van der Waals surface area contributed by atoms with Crippen LogP contribution in [0, 0.1) is 11.8 Å². The molecule has 1 aliphatic rings. The molecule has 90 valence electrons. The molecule has 0 aromatic rings. The minimum Gasteiger partial charge on any atom is -0.353 e. The predicted molar refractivity (Wildman–Crippen MR) is 62.8 cm³/mol. The summed E-state index contributed by atoms with van der Waals surface area (Å²) in [4.78, 5) is 0. The third-order valence-electron chi connectivity index (χ3n) is 2.97. The van der Waals surface area contributed by atoms with E-state index in [9.17, 15) is 0 Å². The van der Waals surface area contributed by atoms with Crippen LogP contribution in [0.25, 0.3) is 0 Å². The normalized spacial score (nSPS) is 20.8. The summed E-state index contributed by atoms with van der Waals surface area (Å²) >= 11 is 0. The third-order valence-corrected chi connectivity index (χ3v) is 2.97. The van der Waals surface area contributed by atoms with Crippen LogP contribution in [0.5, 0.6) is 0 Å². The summed E-state index contributed by atoms with van der Waals surface area (Å²) in [5.41, 5.74) is 0. The van der Waals surface area contributed by atoms with Crippen molar-refractivity contribution in [3.05, 3.63) is 0 Å². The highest BCUT2D eigenvalue weighted by Crippen LogP contribution is 2.20. The van der Waals surface area contributed by atoms with Crippen LogP contribution in [0.1, 0.15) is 52.9 Å². The summed E-state index contributed by atoms with van der Waals surface area (Å²) in [5, 5.41) is 0. The Hall–Kier alpha value is -0.0800. The number of hydrogen-bond acceptors (Lipinski definition) is 2. The zero-order valence-electron chi connectivity index (χ0n) is 10.5. The van der Waals surface area contributed by atoms with Crippen LogP contribution in [0.2, 0.25) is 0 Å². The van der Waals surface area contributed by atoms with Gasteiger partial charge in [0.1, 0.15) is 0 Å². The average molecular weight is 214 g/mol. The maximum atomic E-state index is 5.55. The van der Waals surface area contributed by atoms with Gasteiger partial charge < -0.3 is 9.47 Å². The Kier molecular flexibility index (Phi) is 6.26. The smallest absolute Gasteiger partial charge is 0.157 e. The van der Waals surface area contributed by atoms with E-state index in [2.05, 4.69) is 20.8 Å². The van der Waals surface area contributed by atoms with Crippen LogP contribution in [-0.4, -0.2) is 19.5 Å². The fraction of sp³-hybridized carbons (Fsp3) is 1.00. The molecule has 0 unspecified atom stereocenters. The Morgan fingerprint density at radius 2 is 1.73 bits per heavy atom. The van der Waals surface area contributed by atoms with Gasteiger partial charge in [-0.3, -0.25) is 0 Å². The Morgan fingerprint density at radius 1 is 1.07 bits per heavy atom. The third kappa shape index (κ3) is 6.16. The van der Waals surface area contributed by atoms with Crippen molar-refractivity contribution in [2.24, 2.45) is 11.8 Å². The summed E-state index contributed by atoms with van der Waals surface area (Å²) in [7, 11) is 0.